The van der Waals surface area contributed by atoms with E-state index in [0.29, 0.717) is 29.5 Å². The van der Waals surface area contributed by atoms with Crippen LogP contribution in [0.1, 0.15) is 60.5 Å². The van der Waals surface area contributed by atoms with Gasteiger partial charge >= 0.3 is 0 Å². The van der Waals surface area contributed by atoms with Crippen molar-refractivity contribution in [2.45, 2.75) is 57.9 Å². The maximum absolute atomic E-state index is 13.1. The highest BCUT2D eigenvalue weighted by Gasteiger charge is 2.55. The number of nitrogens with one attached hydrogen (secondary N) is 2. The molecule has 2 amide bonds. The molecule has 2 aromatic rings. The van der Waals surface area contributed by atoms with E-state index in [1.165, 1.54) is 6.20 Å². The molecule has 2 aliphatic rings. The predicted octanol–water partition coefficient (Wildman–Crippen LogP) is 2.34. The Morgan fingerprint density at radius 3 is 2.71 bits per heavy atom. The predicted molar refractivity (Wildman–Crippen MR) is 102 cm³/mol. The largest absolute Gasteiger partial charge is 0.345 e. The van der Waals surface area contributed by atoms with Gasteiger partial charge < -0.3 is 10.6 Å². The third kappa shape index (κ3) is 3.46. The van der Waals surface area contributed by atoms with Crippen LogP contribution in [0.3, 0.4) is 0 Å². The zero-order valence-corrected chi connectivity index (χ0v) is 16.2. The van der Waals surface area contributed by atoms with E-state index in [2.05, 4.69) is 30.6 Å². The Hall–Kier alpha value is -2.90. The monoisotopic (exact) mass is 380 g/mol. The maximum atomic E-state index is 13.1. The molecule has 8 heteroatoms. The number of carbonyl (C=O) groups excluding carboxylic acids is 2. The van der Waals surface area contributed by atoms with Gasteiger partial charge in [-0.1, -0.05) is 6.42 Å². The van der Waals surface area contributed by atoms with E-state index in [1.807, 2.05) is 6.92 Å². The average molecular weight is 380 g/mol. The lowest BCUT2D eigenvalue weighted by atomic mass is 9.72. The molecule has 146 valence electrons. The summed E-state index contributed by atoms with van der Waals surface area (Å²) in [5, 5.41) is 6.13. The quantitative estimate of drug-likeness (QED) is 0.842. The molecule has 2 heterocycles. The Kier molecular flexibility index (Phi) is 4.56. The Labute approximate surface area is 163 Å². The molecule has 2 N–H and O–H groups in total. The number of aromatic nitrogens is 4. The normalized spacial score (nSPS) is 25.9. The molecule has 2 aromatic heterocycles. The molecule has 8 nitrogen and oxygen atoms in total. The fourth-order valence-electron chi connectivity index (χ4n) is 4.62. The highest BCUT2D eigenvalue weighted by Crippen LogP contribution is 2.54. The Balaban J connectivity index is 1.49. The third-order valence-electron chi connectivity index (χ3n) is 5.94. The van der Waals surface area contributed by atoms with Crippen LogP contribution in [0.25, 0.3) is 0 Å². The third-order valence-corrected chi connectivity index (χ3v) is 5.94. The van der Waals surface area contributed by atoms with Crippen molar-refractivity contribution < 1.29 is 9.59 Å². The van der Waals surface area contributed by atoms with Gasteiger partial charge in [-0.2, -0.15) is 0 Å². The van der Waals surface area contributed by atoms with Crippen LogP contribution in [0.15, 0.2) is 24.7 Å². The van der Waals surface area contributed by atoms with Crippen LogP contribution in [-0.4, -0.2) is 37.3 Å². The number of amides is 2. The number of hydrogen-bond donors (Lipinski definition) is 2. The summed E-state index contributed by atoms with van der Waals surface area (Å²) in [5.74, 6) is 0.901. The molecule has 2 unspecified atom stereocenters. The van der Waals surface area contributed by atoms with Gasteiger partial charge in [-0.3, -0.25) is 14.6 Å². The van der Waals surface area contributed by atoms with E-state index in [-0.39, 0.29) is 17.4 Å². The SMILES string of the molecule is Cc1cncc(C(=O)NC23CCCC(C(=O)Nc4ccnc(C)n4)(CC2)C3)n1. The summed E-state index contributed by atoms with van der Waals surface area (Å²) in [6.07, 6.45) is 9.51. The second-order valence-corrected chi connectivity index (χ2v) is 8.03. The molecule has 2 atom stereocenters. The van der Waals surface area contributed by atoms with Crippen molar-refractivity contribution >= 4 is 17.6 Å². The molecule has 2 saturated carbocycles. The van der Waals surface area contributed by atoms with Gasteiger partial charge in [0.15, 0.2) is 0 Å². The van der Waals surface area contributed by atoms with Gasteiger partial charge in [-0.15, -0.1) is 0 Å². The minimum Gasteiger partial charge on any atom is -0.345 e. The van der Waals surface area contributed by atoms with Gasteiger partial charge in [-0.05, 0) is 52.0 Å². The summed E-state index contributed by atoms with van der Waals surface area (Å²) in [6.45, 7) is 3.60. The van der Waals surface area contributed by atoms with E-state index in [9.17, 15) is 9.59 Å². The van der Waals surface area contributed by atoms with E-state index in [4.69, 9.17) is 0 Å². The van der Waals surface area contributed by atoms with Crippen LogP contribution >= 0.6 is 0 Å². The van der Waals surface area contributed by atoms with Crippen molar-refractivity contribution in [3.05, 3.63) is 41.9 Å². The van der Waals surface area contributed by atoms with E-state index >= 15 is 0 Å². The lowest BCUT2D eigenvalue weighted by molar-refractivity contribution is -0.126. The summed E-state index contributed by atoms with van der Waals surface area (Å²) in [6, 6.07) is 1.70. The lowest BCUT2D eigenvalue weighted by Crippen LogP contribution is -2.51. The number of rotatable bonds is 4. The van der Waals surface area contributed by atoms with Gasteiger partial charge in [0.2, 0.25) is 5.91 Å². The first kappa shape index (κ1) is 18.5. The summed E-state index contributed by atoms with van der Waals surface area (Å²) < 4.78 is 0. The molecule has 0 radical (unpaired) electrons. The van der Waals surface area contributed by atoms with Crippen molar-refractivity contribution in [2.75, 3.05) is 5.32 Å². The molecule has 0 saturated heterocycles. The van der Waals surface area contributed by atoms with Gasteiger partial charge in [-0.25, -0.2) is 15.0 Å². The van der Waals surface area contributed by atoms with Gasteiger partial charge in [0.25, 0.3) is 5.91 Å². The van der Waals surface area contributed by atoms with Crippen molar-refractivity contribution in [1.29, 1.82) is 0 Å². The maximum Gasteiger partial charge on any atom is 0.271 e. The molecule has 0 aromatic carbocycles. The number of anilines is 1. The Bertz CT molecular complexity index is 932. The molecule has 0 spiro atoms. The van der Waals surface area contributed by atoms with Crippen LogP contribution in [0.5, 0.6) is 0 Å². The smallest absolute Gasteiger partial charge is 0.271 e. The number of aryl methyl sites for hydroxylation is 2. The number of nitrogens with zero attached hydrogens (tertiary/aromatic N) is 4. The standard InChI is InChI=1S/C20H24N6O2/c1-13-10-21-11-15(23-13)17(27)26-20-6-3-5-19(12-20,7-8-20)18(28)25-16-4-9-22-14(2)24-16/h4,9-11H,3,5-8,12H2,1-2H3,(H,26,27)(H,22,24,25,28). The number of hydrogen-bond acceptors (Lipinski definition) is 6. The van der Waals surface area contributed by atoms with Crippen molar-refractivity contribution in [3.63, 3.8) is 0 Å². The number of carbonyl (C=O) groups is 2. The highest BCUT2D eigenvalue weighted by molar-refractivity contribution is 5.96. The Morgan fingerprint density at radius 1 is 1.07 bits per heavy atom. The molecule has 28 heavy (non-hydrogen) atoms. The molecule has 2 fully saturated rings. The highest BCUT2D eigenvalue weighted by atomic mass is 16.2. The van der Waals surface area contributed by atoms with Crippen LogP contribution in [-0.2, 0) is 4.79 Å². The minimum atomic E-state index is -0.470. The zero-order chi connectivity index (χ0) is 19.8. The Morgan fingerprint density at radius 2 is 1.93 bits per heavy atom. The zero-order valence-electron chi connectivity index (χ0n) is 16.2. The van der Waals surface area contributed by atoms with E-state index in [0.717, 1.165) is 32.1 Å². The van der Waals surface area contributed by atoms with Crippen molar-refractivity contribution in [2.24, 2.45) is 5.41 Å². The lowest BCUT2D eigenvalue weighted by Gasteiger charge is -2.39. The van der Waals surface area contributed by atoms with E-state index < -0.39 is 5.41 Å². The summed E-state index contributed by atoms with van der Waals surface area (Å²) >= 11 is 0. The average Bonchev–Trinajstić information content (AvgIpc) is 2.93. The molecule has 0 aliphatic heterocycles. The second kappa shape index (κ2) is 6.92. The first-order chi connectivity index (χ1) is 13.4. The van der Waals surface area contributed by atoms with Crippen LogP contribution in [0.2, 0.25) is 0 Å². The molecule has 2 bridgehead atoms. The fraction of sp³-hybridized carbons (Fsp3) is 0.500. The van der Waals surface area contributed by atoms with Crippen LogP contribution in [0.4, 0.5) is 5.82 Å². The summed E-state index contributed by atoms with van der Waals surface area (Å²) in [5.41, 5.74) is 0.190. The van der Waals surface area contributed by atoms with Gasteiger partial charge in [0, 0.05) is 17.9 Å². The second-order valence-electron chi connectivity index (χ2n) is 8.03. The molecular formula is C20H24N6O2. The van der Waals surface area contributed by atoms with Crippen LogP contribution in [0, 0.1) is 19.3 Å². The first-order valence-corrected chi connectivity index (χ1v) is 9.62. The number of fused-ring (bicyclic) bond motifs is 2. The van der Waals surface area contributed by atoms with Crippen molar-refractivity contribution in [3.8, 4) is 0 Å². The van der Waals surface area contributed by atoms with Gasteiger partial charge in [0.05, 0.1) is 17.3 Å². The molecular weight excluding hydrogens is 356 g/mol. The molecule has 4 rings (SSSR count). The van der Waals surface area contributed by atoms with Crippen molar-refractivity contribution in [1.82, 2.24) is 25.3 Å². The summed E-state index contributed by atoms with van der Waals surface area (Å²) in [4.78, 5) is 42.5. The van der Waals surface area contributed by atoms with Gasteiger partial charge in [0.1, 0.15) is 17.3 Å². The minimum absolute atomic E-state index is 0.0169. The fourth-order valence-corrected chi connectivity index (χ4v) is 4.62. The van der Waals surface area contributed by atoms with E-state index in [1.54, 1.807) is 25.4 Å². The molecule has 2 aliphatic carbocycles. The topological polar surface area (TPSA) is 110 Å². The summed E-state index contributed by atoms with van der Waals surface area (Å²) in [7, 11) is 0. The first-order valence-electron chi connectivity index (χ1n) is 9.62. The van der Waals surface area contributed by atoms with Crippen LogP contribution < -0.4 is 10.6 Å².